The van der Waals surface area contributed by atoms with E-state index in [1.54, 1.807) is 17.2 Å². The second-order valence-corrected chi connectivity index (χ2v) is 5.08. The molecule has 0 radical (unpaired) electrons. The number of nitrogens with two attached hydrogens (primary N) is 1. The number of fused-ring (bicyclic) bond motifs is 1. The average Bonchev–Trinajstić information content (AvgIpc) is 2.91. The molecule has 1 saturated heterocycles. The SMILES string of the molecule is Cl.Cl.NC1CCN(C(=O)C=Cc2ccnc3ccccc23)C1. The van der Waals surface area contributed by atoms with Gasteiger partial charge in [0.05, 0.1) is 5.52 Å². The molecular formula is C16H19Cl2N3O. The molecule has 2 heterocycles. The minimum Gasteiger partial charge on any atom is -0.338 e. The Kier molecular flexibility index (Phi) is 6.81. The number of halogens is 2. The minimum absolute atomic E-state index is 0. The molecule has 2 aromatic rings. The molecular weight excluding hydrogens is 321 g/mol. The molecule has 6 heteroatoms. The van der Waals surface area contributed by atoms with Crippen LogP contribution in [0.2, 0.25) is 0 Å². The first kappa shape index (κ1) is 18.4. The number of rotatable bonds is 2. The third-order valence-electron chi connectivity index (χ3n) is 3.62. The predicted molar refractivity (Wildman–Crippen MR) is 94.4 cm³/mol. The quantitative estimate of drug-likeness (QED) is 0.855. The van der Waals surface area contributed by atoms with Crippen LogP contribution >= 0.6 is 24.8 Å². The van der Waals surface area contributed by atoms with Gasteiger partial charge in [-0.2, -0.15) is 0 Å². The summed E-state index contributed by atoms with van der Waals surface area (Å²) in [7, 11) is 0. The van der Waals surface area contributed by atoms with Crippen LogP contribution in [0.15, 0.2) is 42.6 Å². The van der Waals surface area contributed by atoms with Crippen LogP contribution in [0.1, 0.15) is 12.0 Å². The molecule has 1 fully saturated rings. The van der Waals surface area contributed by atoms with Crippen molar-refractivity contribution in [1.82, 2.24) is 9.88 Å². The molecule has 118 valence electrons. The minimum atomic E-state index is 0. The van der Waals surface area contributed by atoms with Gasteiger partial charge in [0.15, 0.2) is 0 Å². The van der Waals surface area contributed by atoms with Gasteiger partial charge in [-0.3, -0.25) is 9.78 Å². The van der Waals surface area contributed by atoms with E-state index in [-0.39, 0.29) is 36.8 Å². The second-order valence-electron chi connectivity index (χ2n) is 5.08. The molecule has 0 saturated carbocycles. The van der Waals surface area contributed by atoms with Crippen LogP contribution in [0.3, 0.4) is 0 Å². The number of para-hydroxylation sites is 1. The van der Waals surface area contributed by atoms with E-state index < -0.39 is 0 Å². The van der Waals surface area contributed by atoms with Gasteiger partial charge in [0, 0.05) is 36.8 Å². The standard InChI is InChI=1S/C16H17N3O.2ClH/c17-13-8-10-19(11-13)16(20)6-5-12-7-9-18-15-4-2-1-3-14(12)15;;/h1-7,9,13H,8,10-11,17H2;2*1H. The Morgan fingerprint density at radius 3 is 2.77 bits per heavy atom. The zero-order valence-electron chi connectivity index (χ0n) is 12.0. The van der Waals surface area contributed by atoms with Crippen molar-refractivity contribution >= 4 is 47.7 Å². The average molecular weight is 340 g/mol. The molecule has 0 bridgehead atoms. The number of likely N-dealkylation sites (tertiary alicyclic amines) is 1. The fraction of sp³-hybridized carbons (Fsp3) is 0.250. The van der Waals surface area contributed by atoms with Crippen molar-refractivity contribution in [3.8, 4) is 0 Å². The molecule has 1 amide bonds. The summed E-state index contributed by atoms with van der Waals surface area (Å²) >= 11 is 0. The summed E-state index contributed by atoms with van der Waals surface area (Å²) in [6.07, 6.45) is 6.13. The molecule has 1 aliphatic rings. The summed E-state index contributed by atoms with van der Waals surface area (Å²) in [6.45, 7) is 1.40. The van der Waals surface area contributed by atoms with Crippen LogP contribution in [-0.2, 0) is 4.79 Å². The van der Waals surface area contributed by atoms with E-state index in [1.165, 1.54) is 0 Å². The van der Waals surface area contributed by atoms with Crippen molar-refractivity contribution < 1.29 is 4.79 Å². The predicted octanol–water partition coefficient (Wildman–Crippen LogP) is 2.65. The second kappa shape index (κ2) is 8.13. The maximum Gasteiger partial charge on any atom is 0.246 e. The van der Waals surface area contributed by atoms with E-state index in [9.17, 15) is 4.79 Å². The Balaban J connectivity index is 0.00000121. The van der Waals surface area contributed by atoms with Crippen LogP contribution < -0.4 is 5.73 Å². The van der Waals surface area contributed by atoms with E-state index in [2.05, 4.69) is 4.98 Å². The normalized spacial score (nSPS) is 17.3. The third kappa shape index (κ3) is 3.97. The Morgan fingerprint density at radius 1 is 1.27 bits per heavy atom. The number of carbonyl (C=O) groups is 1. The number of benzene rings is 1. The third-order valence-corrected chi connectivity index (χ3v) is 3.62. The molecule has 1 aromatic heterocycles. The van der Waals surface area contributed by atoms with Crippen LogP contribution in [-0.4, -0.2) is 34.9 Å². The molecule has 0 aliphatic carbocycles. The number of nitrogens with zero attached hydrogens (tertiary/aromatic N) is 2. The van der Waals surface area contributed by atoms with Gasteiger partial charge in [-0.25, -0.2) is 0 Å². The lowest BCUT2D eigenvalue weighted by atomic mass is 10.1. The number of amides is 1. The van der Waals surface area contributed by atoms with Gasteiger partial charge in [0.1, 0.15) is 0 Å². The van der Waals surface area contributed by atoms with Crippen molar-refractivity contribution in [3.63, 3.8) is 0 Å². The highest BCUT2D eigenvalue weighted by atomic mass is 35.5. The summed E-state index contributed by atoms with van der Waals surface area (Å²) in [6, 6.07) is 9.95. The summed E-state index contributed by atoms with van der Waals surface area (Å²) in [5.41, 5.74) is 7.76. The first-order valence-corrected chi connectivity index (χ1v) is 6.80. The van der Waals surface area contributed by atoms with Gasteiger partial charge >= 0.3 is 0 Å². The van der Waals surface area contributed by atoms with E-state index in [0.29, 0.717) is 6.54 Å². The van der Waals surface area contributed by atoms with Crippen LogP contribution in [0.4, 0.5) is 0 Å². The molecule has 1 aliphatic heterocycles. The van der Waals surface area contributed by atoms with Gasteiger partial charge in [0.25, 0.3) is 0 Å². The molecule has 22 heavy (non-hydrogen) atoms. The van der Waals surface area contributed by atoms with Gasteiger partial charge < -0.3 is 10.6 Å². The monoisotopic (exact) mass is 339 g/mol. The van der Waals surface area contributed by atoms with Crippen LogP contribution in [0.5, 0.6) is 0 Å². The summed E-state index contributed by atoms with van der Waals surface area (Å²) in [5.74, 6) is 0.0267. The van der Waals surface area contributed by atoms with Gasteiger partial charge in [-0.15, -0.1) is 24.8 Å². The van der Waals surface area contributed by atoms with Gasteiger partial charge in [-0.05, 0) is 30.2 Å². The number of aromatic nitrogens is 1. The lowest BCUT2D eigenvalue weighted by molar-refractivity contribution is -0.124. The van der Waals surface area contributed by atoms with Crippen molar-refractivity contribution in [2.75, 3.05) is 13.1 Å². The number of hydrogen-bond acceptors (Lipinski definition) is 3. The first-order chi connectivity index (χ1) is 9.74. The largest absolute Gasteiger partial charge is 0.338 e. The van der Waals surface area contributed by atoms with Gasteiger partial charge in [-0.1, -0.05) is 18.2 Å². The summed E-state index contributed by atoms with van der Waals surface area (Å²) < 4.78 is 0. The number of carbonyl (C=O) groups excluding carboxylic acids is 1. The van der Waals surface area contributed by atoms with Crippen molar-refractivity contribution in [3.05, 3.63) is 48.2 Å². The zero-order chi connectivity index (χ0) is 13.9. The molecule has 0 spiro atoms. The Morgan fingerprint density at radius 2 is 2.05 bits per heavy atom. The topological polar surface area (TPSA) is 59.2 Å². The van der Waals surface area contributed by atoms with Crippen LogP contribution in [0.25, 0.3) is 17.0 Å². The molecule has 1 aromatic carbocycles. The number of pyridine rings is 1. The Bertz CT molecular complexity index is 670. The smallest absolute Gasteiger partial charge is 0.246 e. The molecule has 1 unspecified atom stereocenters. The Hall–Kier alpha value is -1.62. The molecule has 1 atom stereocenters. The molecule has 4 nitrogen and oxygen atoms in total. The molecule has 3 rings (SSSR count). The highest BCUT2D eigenvalue weighted by molar-refractivity contribution is 5.95. The van der Waals surface area contributed by atoms with E-state index in [0.717, 1.165) is 29.4 Å². The maximum atomic E-state index is 12.1. The molecule has 2 N–H and O–H groups in total. The van der Waals surface area contributed by atoms with Gasteiger partial charge in [0.2, 0.25) is 5.91 Å². The van der Waals surface area contributed by atoms with E-state index in [4.69, 9.17) is 5.73 Å². The van der Waals surface area contributed by atoms with E-state index in [1.807, 2.05) is 36.4 Å². The van der Waals surface area contributed by atoms with E-state index >= 15 is 0 Å². The van der Waals surface area contributed by atoms with Crippen LogP contribution in [0, 0.1) is 0 Å². The van der Waals surface area contributed by atoms with Crippen molar-refractivity contribution in [1.29, 1.82) is 0 Å². The highest BCUT2D eigenvalue weighted by Crippen LogP contribution is 2.17. The summed E-state index contributed by atoms with van der Waals surface area (Å²) in [4.78, 5) is 18.2. The summed E-state index contributed by atoms with van der Waals surface area (Å²) in [5, 5.41) is 1.05. The Labute approximate surface area is 142 Å². The lowest BCUT2D eigenvalue weighted by Gasteiger charge is -2.12. The lowest BCUT2D eigenvalue weighted by Crippen LogP contribution is -2.30. The zero-order valence-corrected chi connectivity index (χ0v) is 13.6. The van der Waals surface area contributed by atoms with Crippen molar-refractivity contribution in [2.45, 2.75) is 12.5 Å². The maximum absolute atomic E-state index is 12.1. The fourth-order valence-electron chi connectivity index (χ4n) is 2.52. The fourth-order valence-corrected chi connectivity index (χ4v) is 2.52. The number of hydrogen-bond donors (Lipinski definition) is 1. The van der Waals surface area contributed by atoms with Crippen molar-refractivity contribution in [2.24, 2.45) is 5.73 Å². The first-order valence-electron chi connectivity index (χ1n) is 6.80. The highest BCUT2D eigenvalue weighted by Gasteiger charge is 2.21.